The highest BCUT2D eigenvalue weighted by molar-refractivity contribution is 5.80. The molecule has 0 aromatic carbocycles. The Bertz CT molecular complexity index is 111. The molecule has 0 aliphatic carbocycles. The van der Waals surface area contributed by atoms with E-state index in [-0.39, 0.29) is 0 Å². The van der Waals surface area contributed by atoms with Gasteiger partial charge in [-0.05, 0) is 13.0 Å². The molecule has 0 heterocycles. The van der Waals surface area contributed by atoms with Crippen LogP contribution in [0.15, 0.2) is 0 Å². The van der Waals surface area contributed by atoms with Gasteiger partial charge in [-0.15, -0.1) is 0 Å². The maximum atomic E-state index is 7.32. The molecule has 0 spiro atoms. The Morgan fingerprint density at radius 3 is 2.73 bits per heavy atom. The lowest BCUT2D eigenvalue weighted by Gasteiger charge is -2.13. The van der Waals surface area contributed by atoms with E-state index in [0.717, 1.165) is 13.0 Å². The monoisotopic (exact) mass is 158 g/mol. The molecule has 0 aromatic heterocycles. The Labute approximate surface area is 68.2 Å². The molecule has 0 unspecified atom stereocenters. The summed E-state index contributed by atoms with van der Waals surface area (Å²) in [5, 5.41) is 11.8. The topological polar surface area (TPSA) is 65.1 Å². The smallest absolute Gasteiger partial charge is 0.124 e. The fourth-order valence-corrected chi connectivity index (χ4v) is 0.633. The van der Waals surface area contributed by atoms with Crippen molar-refractivity contribution < 1.29 is 0 Å². The second-order valence-electron chi connectivity index (χ2n) is 2.59. The molecule has 0 radical (unpaired) electrons. The molecule has 0 amide bonds. The van der Waals surface area contributed by atoms with Gasteiger partial charge in [-0.25, -0.2) is 5.84 Å². The van der Waals surface area contributed by atoms with E-state index in [1.165, 1.54) is 11.4 Å². The molecule has 0 bridgehead atoms. The van der Waals surface area contributed by atoms with Crippen LogP contribution in [-0.4, -0.2) is 31.0 Å². The summed E-state index contributed by atoms with van der Waals surface area (Å²) < 4.78 is 0. The van der Waals surface area contributed by atoms with Crippen LogP contribution in [0.5, 0.6) is 0 Å². The molecule has 0 aliphatic rings. The molecule has 66 valence electrons. The Balaban J connectivity index is 3.18. The van der Waals surface area contributed by atoms with Crippen LogP contribution in [0.1, 0.15) is 19.8 Å². The minimum absolute atomic E-state index is 0.418. The van der Waals surface area contributed by atoms with Crippen molar-refractivity contribution in [1.29, 1.82) is 5.41 Å². The molecule has 0 saturated heterocycles. The van der Waals surface area contributed by atoms with E-state index in [9.17, 15) is 0 Å². The molecule has 0 fully saturated rings. The number of likely N-dealkylation sites (N-methyl/N-ethyl adjacent to an activating group) is 1. The molecule has 0 rings (SSSR count). The van der Waals surface area contributed by atoms with Gasteiger partial charge < -0.3 is 10.3 Å². The number of unbranched alkanes of at least 4 members (excludes halogenated alkanes) is 1. The first-order chi connectivity index (χ1) is 5.18. The SMILES string of the molecule is CCCCNCC(=N)N(C)N. The van der Waals surface area contributed by atoms with Gasteiger partial charge in [-0.3, -0.25) is 5.41 Å². The molecule has 4 heteroatoms. The van der Waals surface area contributed by atoms with Crippen molar-refractivity contribution in [2.24, 2.45) is 5.84 Å². The number of rotatable bonds is 5. The lowest BCUT2D eigenvalue weighted by Crippen LogP contribution is -2.39. The Kier molecular flexibility index (Phi) is 5.78. The molecule has 0 atom stereocenters. The third-order valence-electron chi connectivity index (χ3n) is 1.43. The van der Waals surface area contributed by atoms with E-state index in [4.69, 9.17) is 11.3 Å². The average molecular weight is 158 g/mol. The summed E-state index contributed by atoms with van der Waals surface area (Å²) in [5.41, 5.74) is 0. The van der Waals surface area contributed by atoms with E-state index in [2.05, 4.69) is 12.2 Å². The van der Waals surface area contributed by atoms with E-state index >= 15 is 0 Å². The largest absolute Gasteiger partial charge is 0.310 e. The third kappa shape index (κ3) is 5.82. The van der Waals surface area contributed by atoms with Crippen LogP contribution < -0.4 is 11.2 Å². The zero-order valence-corrected chi connectivity index (χ0v) is 7.35. The van der Waals surface area contributed by atoms with Crippen LogP contribution in [-0.2, 0) is 0 Å². The van der Waals surface area contributed by atoms with Gasteiger partial charge in [-0.2, -0.15) is 0 Å². The van der Waals surface area contributed by atoms with Crippen molar-refractivity contribution in [3.8, 4) is 0 Å². The van der Waals surface area contributed by atoms with E-state index < -0.39 is 0 Å². The van der Waals surface area contributed by atoms with Crippen molar-refractivity contribution in [1.82, 2.24) is 10.3 Å². The predicted octanol–water partition coefficient (Wildman–Crippen LogP) is 0.159. The second-order valence-corrected chi connectivity index (χ2v) is 2.59. The summed E-state index contributed by atoms with van der Waals surface area (Å²) in [6.45, 7) is 3.67. The lowest BCUT2D eigenvalue weighted by molar-refractivity contribution is 0.515. The van der Waals surface area contributed by atoms with Gasteiger partial charge in [-0.1, -0.05) is 13.3 Å². The summed E-state index contributed by atoms with van der Waals surface area (Å²) in [6.07, 6.45) is 2.33. The molecular formula is C7H18N4. The second kappa shape index (κ2) is 6.12. The summed E-state index contributed by atoms with van der Waals surface area (Å²) in [6, 6.07) is 0. The quantitative estimate of drug-likeness (QED) is 0.175. The third-order valence-corrected chi connectivity index (χ3v) is 1.43. The van der Waals surface area contributed by atoms with Crippen LogP contribution in [0.2, 0.25) is 0 Å². The van der Waals surface area contributed by atoms with Crippen LogP contribution >= 0.6 is 0 Å². The first kappa shape index (κ1) is 10.4. The zero-order valence-electron chi connectivity index (χ0n) is 7.35. The standard InChI is InChI=1S/C7H18N4/c1-3-4-5-10-6-7(8)11(2)9/h8,10H,3-6,9H2,1-2H3. The number of nitrogens with zero attached hydrogens (tertiary/aromatic N) is 1. The molecule has 0 aromatic rings. The number of nitrogens with two attached hydrogens (primary N) is 1. The van der Waals surface area contributed by atoms with Gasteiger partial charge in [0.1, 0.15) is 5.84 Å². The maximum absolute atomic E-state index is 7.32. The highest BCUT2D eigenvalue weighted by atomic mass is 15.4. The number of amidine groups is 1. The maximum Gasteiger partial charge on any atom is 0.124 e. The van der Waals surface area contributed by atoms with Gasteiger partial charge in [0.15, 0.2) is 0 Å². The minimum Gasteiger partial charge on any atom is -0.310 e. The first-order valence-corrected chi connectivity index (χ1v) is 3.95. The molecule has 0 aliphatic heterocycles. The van der Waals surface area contributed by atoms with Crippen molar-refractivity contribution in [3.63, 3.8) is 0 Å². The molecular weight excluding hydrogens is 140 g/mol. The van der Waals surface area contributed by atoms with Crippen LogP contribution in [0, 0.1) is 5.41 Å². The summed E-state index contributed by atoms with van der Waals surface area (Å²) in [4.78, 5) is 0. The van der Waals surface area contributed by atoms with Crippen LogP contribution in [0.3, 0.4) is 0 Å². The summed E-state index contributed by atoms with van der Waals surface area (Å²) >= 11 is 0. The normalized spacial score (nSPS) is 9.73. The average Bonchev–Trinajstić information content (AvgIpc) is 1.97. The van der Waals surface area contributed by atoms with Crippen LogP contribution in [0.25, 0.3) is 0 Å². The van der Waals surface area contributed by atoms with Crippen molar-refractivity contribution in [3.05, 3.63) is 0 Å². The van der Waals surface area contributed by atoms with E-state index in [0.29, 0.717) is 12.4 Å². The van der Waals surface area contributed by atoms with Gasteiger partial charge in [0.05, 0.1) is 6.54 Å². The van der Waals surface area contributed by atoms with E-state index in [1.54, 1.807) is 7.05 Å². The first-order valence-electron chi connectivity index (χ1n) is 3.95. The summed E-state index contributed by atoms with van der Waals surface area (Å²) in [7, 11) is 1.67. The fraction of sp³-hybridized carbons (Fsp3) is 0.857. The van der Waals surface area contributed by atoms with Crippen molar-refractivity contribution in [2.45, 2.75) is 19.8 Å². The highest BCUT2D eigenvalue weighted by Gasteiger charge is 1.96. The lowest BCUT2D eigenvalue weighted by atomic mass is 10.3. The van der Waals surface area contributed by atoms with Crippen molar-refractivity contribution >= 4 is 5.84 Å². The molecule has 0 saturated carbocycles. The highest BCUT2D eigenvalue weighted by Crippen LogP contribution is 1.82. The molecule has 4 nitrogen and oxygen atoms in total. The Hall–Kier alpha value is -0.610. The van der Waals surface area contributed by atoms with Crippen LogP contribution in [0.4, 0.5) is 0 Å². The van der Waals surface area contributed by atoms with Gasteiger partial charge in [0.2, 0.25) is 0 Å². The molecule has 11 heavy (non-hydrogen) atoms. The molecule has 4 N–H and O–H groups in total. The van der Waals surface area contributed by atoms with Gasteiger partial charge in [0.25, 0.3) is 0 Å². The fourth-order valence-electron chi connectivity index (χ4n) is 0.633. The number of hydrazine groups is 1. The van der Waals surface area contributed by atoms with Gasteiger partial charge in [0, 0.05) is 7.05 Å². The predicted molar refractivity (Wildman–Crippen MR) is 47.5 cm³/mol. The summed E-state index contributed by atoms with van der Waals surface area (Å²) in [5.74, 6) is 5.74. The number of nitrogens with one attached hydrogen (secondary N) is 2. The Morgan fingerprint density at radius 1 is 1.64 bits per heavy atom. The van der Waals surface area contributed by atoms with Crippen molar-refractivity contribution in [2.75, 3.05) is 20.1 Å². The van der Waals surface area contributed by atoms with E-state index in [1.807, 2.05) is 0 Å². The number of hydrogen-bond acceptors (Lipinski definition) is 3. The zero-order chi connectivity index (χ0) is 8.69. The Morgan fingerprint density at radius 2 is 2.27 bits per heavy atom. The minimum atomic E-state index is 0.418. The number of hydrogen-bond donors (Lipinski definition) is 3. The van der Waals surface area contributed by atoms with Gasteiger partial charge >= 0.3 is 0 Å².